The summed E-state index contributed by atoms with van der Waals surface area (Å²) in [7, 11) is 0. The lowest BCUT2D eigenvalue weighted by Crippen LogP contribution is -2.52. The number of aliphatic carboxylic acids is 1. The number of rotatable bonds is 14. The molecule has 12 heteroatoms. The molecule has 1 aromatic rings. The Bertz CT molecular complexity index is 1090. The molecule has 0 aromatic heterocycles. The van der Waals surface area contributed by atoms with Crippen molar-refractivity contribution in [2.24, 2.45) is 17.6 Å². The third kappa shape index (κ3) is 12.1. The summed E-state index contributed by atoms with van der Waals surface area (Å²) in [5.41, 5.74) is 3.97. The van der Waals surface area contributed by atoms with Gasteiger partial charge in [-0.1, -0.05) is 40.7 Å². The summed E-state index contributed by atoms with van der Waals surface area (Å²) < 4.78 is 31.7. The lowest BCUT2D eigenvalue weighted by atomic mass is 9.86. The van der Waals surface area contributed by atoms with E-state index in [1.165, 1.54) is 25.1 Å². The number of hydrogen-bond donors (Lipinski definition) is 2. The molecule has 0 saturated heterocycles. The lowest BCUT2D eigenvalue weighted by molar-refractivity contribution is -0.145. The zero-order valence-corrected chi connectivity index (χ0v) is 26.3. The number of carboxylic acid groups (broad SMARTS) is 1. The fourth-order valence-corrected chi connectivity index (χ4v) is 3.27. The van der Waals surface area contributed by atoms with Crippen molar-refractivity contribution in [3.05, 3.63) is 23.8 Å². The molecule has 0 heterocycles. The molecule has 238 valence electrons. The second kappa shape index (κ2) is 15.6. The van der Waals surface area contributed by atoms with Crippen LogP contribution in [0.5, 0.6) is 11.5 Å². The fourth-order valence-electron chi connectivity index (χ4n) is 3.27. The fraction of sp³-hybridized carbons (Fsp3) is 0.667. The normalized spacial score (nSPS) is 15.2. The van der Waals surface area contributed by atoms with Crippen molar-refractivity contribution in [1.82, 2.24) is 0 Å². The zero-order chi connectivity index (χ0) is 32.4. The van der Waals surface area contributed by atoms with Crippen molar-refractivity contribution in [3.63, 3.8) is 0 Å². The van der Waals surface area contributed by atoms with E-state index < -0.39 is 53.9 Å². The highest BCUT2D eigenvalue weighted by atomic mass is 16.8. The lowest BCUT2D eigenvalue weighted by Gasteiger charge is -2.29. The monoisotopic (exact) mass is 597 g/mol. The molecule has 12 nitrogen and oxygen atoms in total. The van der Waals surface area contributed by atoms with Gasteiger partial charge < -0.3 is 39.3 Å². The maximum absolute atomic E-state index is 12.5. The zero-order valence-electron chi connectivity index (χ0n) is 26.3. The largest absolute Gasteiger partial charge is 0.514 e. The SMILES string of the molecule is CCC(C)(C)OC(=O)O[C@@H](C)CC(N)(Cc1ccc(OC(=O)OC(C)C(C)C)c(OC(=O)OC(C)C(C)C)c1)C(=O)O. The van der Waals surface area contributed by atoms with Crippen molar-refractivity contribution in [2.45, 2.75) is 118 Å². The highest BCUT2D eigenvalue weighted by molar-refractivity contribution is 5.79. The van der Waals surface area contributed by atoms with Gasteiger partial charge in [-0.05, 0) is 70.6 Å². The van der Waals surface area contributed by atoms with Crippen LogP contribution in [0, 0.1) is 11.8 Å². The van der Waals surface area contributed by atoms with Crippen LogP contribution in [0.3, 0.4) is 0 Å². The van der Waals surface area contributed by atoms with Crippen LogP contribution in [0.2, 0.25) is 0 Å². The van der Waals surface area contributed by atoms with Gasteiger partial charge in [0.1, 0.15) is 29.5 Å². The summed E-state index contributed by atoms with van der Waals surface area (Å²) in [5, 5.41) is 9.98. The smallest absolute Gasteiger partial charge is 0.480 e. The molecule has 0 aliphatic heterocycles. The number of carboxylic acids is 1. The minimum atomic E-state index is -1.89. The van der Waals surface area contributed by atoms with Crippen LogP contribution < -0.4 is 15.2 Å². The van der Waals surface area contributed by atoms with Crippen molar-refractivity contribution in [2.75, 3.05) is 0 Å². The van der Waals surface area contributed by atoms with E-state index >= 15 is 0 Å². The van der Waals surface area contributed by atoms with E-state index in [1.807, 2.05) is 34.6 Å². The first kappa shape index (κ1) is 36.5. The van der Waals surface area contributed by atoms with Crippen LogP contribution >= 0.6 is 0 Å². The number of nitrogens with two attached hydrogens (primary N) is 1. The molecule has 0 saturated carbocycles. The van der Waals surface area contributed by atoms with Gasteiger partial charge in [0.15, 0.2) is 11.5 Å². The van der Waals surface area contributed by atoms with Gasteiger partial charge in [0.05, 0.1) is 0 Å². The third-order valence-corrected chi connectivity index (χ3v) is 6.94. The van der Waals surface area contributed by atoms with Gasteiger partial charge >= 0.3 is 24.4 Å². The van der Waals surface area contributed by atoms with Gasteiger partial charge in [0.25, 0.3) is 0 Å². The van der Waals surface area contributed by atoms with Crippen molar-refractivity contribution < 1.29 is 52.7 Å². The Labute approximate surface area is 248 Å². The van der Waals surface area contributed by atoms with Crippen LogP contribution in [-0.4, -0.2) is 59.0 Å². The molecule has 0 fully saturated rings. The van der Waals surface area contributed by atoms with Crippen LogP contribution in [0.1, 0.15) is 87.6 Å². The summed E-state index contributed by atoms with van der Waals surface area (Å²) in [6.45, 7) is 17.7. The highest BCUT2D eigenvalue weighted by Gasteiger charge is 2.38. The Morgan fingerprint density at radius 2 is 1.31 bits per heavy atom. The van der Waals surface area contributed by atoms with Crippen molar-refractivity contribution >= 4 is 24.4 Å². The quantitative estimate of drug-likeness (QED) is 0.140. The molecule has 42 heavy (non-hydrogen) atoms. The maximum Gasteiger partial charge on any atom is 0.514 e. The molecule has 1 rings (SSSR count). The Balaban J connectivity index is 3.23. The van der Waals surface area contributed by atoms with Gasteiger partial charge in [0, 0.05) is 12.8 Å². The molecule has 0 aliphatic carbocycles. The molecule has 1 aromatic carbocycles. The number of carbonyl (C=O) groups is 4. The summed E-state index contributed by atoms with van der Waals surface area (Å²) in [5.74, 6) is -1.66. The Morgan fingerprint density at radius 3 is 1.76 bits per heavy atom. The summed E-state index contributed by atoms with van der Waals surface area (Å²) in [6, 6.07) is 4.12. The highest BCUT2D eigenvalue weighted by Crippen LogP contribution is 2.32. The van der Waals surface area contributed by atoms with Gasteiger partial charge in [-0.25, -0.2) is 14.4 Å². The summed E-state index contributed by atoms with van der Waals surface area (Å²) in [4.78, 5) is 49.3. The Hall–Kier alpha value is -3.54. The number of benzene rings is 1. The molecular weight excluding hydrogens is 550 g/mol. The van der Waals surface area contributed by atoms with Crippen LogP contribution in [0.4, 0.5) is 14.4 Å². The Kier molecular flexibility index (Phi) is 13.6. The Morgan fingerprint density at radius 1 is 0.810 bits per heavy atom. The molecular formula is C30H47NO11. The van der Waals surface area contributed by atoms with E-state index in [2.05, 4.69) is 0 Å². The van der Waals surface area contributed by atoms with Crippen molar-refractivity contribution in [3.8, 4) is 11.5 Å². The first-order valence-corrected chi connectivity index (χ1v) is 14.1. The van der Waals surface area contributed by atoms with E-state index in [0.29, 0.717) is 12.0 Å². The molecule has 0 amide bonds. The molecule has 0 radical (unpaired) electrons. The topological polar surface area (TPSA) is 170 Å². The molecule has 3 unspecified atom stereocenters. The van der Waals surface area contributed by atoms with Gasteiger partial charge in [-0.3, -0.25) is 4.79 Å². The van der Waals surface area contributed by atoms with E-state index in [9.17, 15) is 24.3 Å². The molecule has 0 aliphatic rings. The standard InChI is InChI=1S/C30H47NO11/c1-11-29(9,10)42-28(36)37-19(6)15-30(31,25(32)33)16-22-12-13-23(40-26(34)38-20(7)17(2)3)24(14-22)41-27(35)39-21(8)18(4)5/h12-14,17-21H,11,15-16,31H2,1-10H3,(H,32,33)/t19-,20?,21?,30?/m0/s1. The minimum Gasteiger partial charge on any atom is -0.480 e. The van der Waals surface area contributed by atoms with Crippen LogP contribution in [-0.2, 0) is 30.2 Å². The second-order valence-corrected chi connectivity index (χ2v) is 11.9. The van der Waals surface area contributed by atoms with E-state index in [1.54, 1.807) is 27.7 Å². The molecule has 0 bridgehead atoms. The van der Waals surface area contributed by atoms with Crippen LogP contribution in [0.25, 0.3) is 0 Å². The van der Waals surface area contributed by atoms with Gasteiger partial charge in [-0.15, -0.1) is 0 Å². The maximum atomic E-state index is 12.5. The van der Waals surface area contributed by atoms with E-state index in [0.717, 1.165) is 0 Å². The summed E-state index contributed by atoms with van der Waals surface area (Å²) in [6.07, 6.45) is -4.78. The number of hydrogen-bond acceptors (Lipinski definition) is 11. The predicted octanol–water partition coefficient (Wildman–Crippen LogP) is 6.25. The third-order valence-electron chi connectivity index (χ3n) is 6.94. The van der Waals surface area contributed by atoms with Gasteiger partial charge in [0.2, 0.25) is 0 Å². The van der Waals surface area contributed by atoms with E-state index in [-0.39, 0.29) is 36.2 Å². The minimum absolute atomic E-state index is 0.00932. The first-order valence-electron chi connectivity index (χ1n) is 14.1. The molecule has 3 N–H and O–H groups in total. The summed E-state index contributed by atoms with van der Waals surface area (Å²) >= 11 is 0. The molecule has 4 atom stereocenters. The second-order valence-electron chi connectivity index (χ2n) is 11.9. The van der Waals surface area contributed by atoms with Gasteiger partial charge in [-0.2, -0.15) is 0 Å². The van der Waals surface area contributed by atoms with E-state index in [4.69, 9.17) is 34.2 Å². The average molecular weight is 598 g/mol. The molecule has 0 spiro atoms. The number of ether oxygens (including phenoxy) is 6. The van der Waals surface area contributed by atoms with Crippen molar-refractivity contribution in [1.29, 1.82) is 0 Å². The number of carbonyl (C=O) groups excluding carboxylic acids is 3. The predicted molar refractivity (Wildman–Crippen MR) is 154 cm³/mol. The van der Waals surface area contributed by atoms with Crippen LogP contribution in [0.15, 0.2) is 18.2 Å². The first-order chi connectivity index (χ1) is 19.3. The average Bonchev–Trinajstić information content (AvgIpc) is 2.84.